The minimum atomic E-state index is -2.97. The van der Waals surface area contributed by atoms with Crippen LogP contribution in [0.1, 0.15) is 36.3 Å². The summed E-state index contributed by atoms with van der Waals surface area (Å²) in [6, 6.07) is -0.135. The van der Waals surface area contributed by atoms with Crippen molar-refractivity contribution >= 4 is 22.1 Å². The predicted molar refractivity (Wildman–Crippen MR) is 81.8 cm³/mol. The van der Waals surface area contributed by atoms with Gasteiger partial charge in [0, 0.05) is 11.3 Å². The summed E-state index contributed by atoms with van der Waals surface area (Å²) in [6.45, 7) is 5.65. The fraction of sp³-hybridized carbons (Fsp3) is 0.615. The summed E-state index contributed by atoms with van der Waals surface area (Å²) >= 11 is 0. The Kier molecular flexibility index (Phi) is 4.84. The number of amides is 1. The molecule has 0 unspecified atom stereocenters. The first kappa shape index (κ1) is 16.5. The zero-order valence-electron chi connectivity index (χ0n) is 12.9. The summed E-state index contributed by atoms with van der Waals surface area (Å²) in [6.07, 6.45) is 1.44. The molecule has 2 rings (SSSR count). The molecule has 2 heterocycles. The van der Waals surface area contributed by atoms with Gasteiger partial charge < -0.3 is 4.74 Å². The van der Waals surface area contributed by atoms with Gasteiger partial charge in [-0.25, -0.2) is 18.6 Å². The Labute approximate surface area is 129 Å². The Morgan fingerprint density at radius 2 is 2.27 bits per heavy atom. The van der Waals surface area contributed by atoms with Gasteiger partial charge in [-0.15, -0.1) is 0 Å². The van der Waals surface area contributed by atoms with Crippen molar-refractivity contribution in [3.63, 3.8) is 0 Å². The summed E-state index contributed by atoms with van der Waals surface area (Å²) < 4.78 is 29.6. The van der Waals surface area contributed by atoms with E-state index in [2.05, 4.69) is 15.6 Å². The van der Waals surface area contributed by atoms with E-state index in [0.29, 0.717) is 6.42 Å². The van der Waals surface area contributed by atoms with Crippen LogP contribution in [0.4, 0.5) is 4.79 Å². The number of carbonyl (C=O) groups excluding carboxylic acids is 1. The second-order valence-corrected chi connectivity index (χ2v) is 7.41. The number of hydrogen-bond acceptors (Lipinski definition) is 6. The maximum atomic E-state index is 11.6. The van der Waals surface area contributed by atoms with Crippen LogP contribution < -0.4 is 5.43 Å². The first-order chi connectivity index (χ1) is 10.3. The van der Waals surface area contributed by atoms with E-state index in [1.807, 2.05) is 13.8 Å². The van der Waals surface area contributed by atoms with Crippen LogP contribution in [0.3, 0.4) is 0 Å². The van der Waals surface area contributed by atoms with E-state index < -0.39 is 15.9 Å². The van der Waals surface area contributed by atoms with Crippen molar-refractivity contribution in [3.05, 3.63) is 17.0 Å². The van der Waals surface area contributed by atoms with Crippen LogP contribution in [-0.4, -0.2) is 48.6 Å². The Morgan fingerprint density at radius 3 is 2.86 bits per heavy atom. The number of sulfone groups is 1. The van der Waals surface area contributed by atoms with Crippen molar-refractivity contribution in [2.45, 2.75) is 33.2 Å². The van der Waals surface area contributed by atoms with Gasteiger partial charge in [-0.2, -0.15) is 10.2 Å². The molecule has 1 saturated heterocycles. The first-order valence-corrected chi connectivity index (χ1v) is 8.88. The zero-order valence-corrected chi connectivity index (χ0v) is 13.7. The highest BCUT2D eigenvalue weighted by Crippen LogP contribution is 2.26. The maximum Gasteiger partial charge on any atom is 0.427 e. The monoisotopic (exact) mass is 328 g/mol. The fourth-order valence-corrected chi connectivity index (χ4v) is 4.19. The summed E-state index contributed by atoms with van der Waals surface area (Å²) in [7, 11) is -2.97. The van der Waals surface area contributed by atoms with Gasteiger partial charge in [-0.3, -0.25) is 4.68 Å². The highest BCUT2D eigenvalue weighted by atomic mass is 32.2. The molecule has 0 spiro atoms. The normalized spacial score (nSPS) is 20.4. The molecule has 1 aromatic heterocycles. The van der Waals surface area contributed by atoms with E-state index in [9.17, 15) is 13.2 Å². The van der Waals surface area contributed by atoms with Crippen LogP contribution in [0.2, 0.25) is 0 Å². The van der Waals surface area contributed by atoms with E-state index in [1.165, 1.54) is 6.21 Å². The number of hydrogen-bond donors (Lipinski definition) is 1. The summed E-state index contributed by atoms with van der Waals surface area (Å²) in [4.78, 5) is 11.2. The van der Waals surface area contributed by atoms with Gasteiger partial charge >= 0.3 is 6.09 Å². The maximum absolute atomic E-state index is 11.6. The predicted octanol–water partition coefficient (Wildman–Crippen LogP) is 0.940. The summed E-state index contributed by atoms with van der Waals surface area (Å²) in [5.74, 6) is 0.316. The Morgan fingerprint density at radius 1 is 1.55 bits per heavy atom. The van der Waals surface area contributed by atoms with Gasteiger partial charge in [-0.1, -0.05) is 0 Å². The number of nitrogens with one attached hydrogen (secondary N) is 1. The molecule has 0 aromatic carbocycles. The van der Waals surface area contributed by atoms with Crippen molar-refractivity contribution in [3.8, 4) is 0 Å². The van der Waals surface area contributed by atoms with Gasteiger partial charge in [0.25, 0.3) is 0 Å². The molecule has 1 N–H and O–H groups in total. The molecule has 1 aliphatic rings. The number of nitrogens with zero attached hydrogens (tertiary/aromatic N) is 3. The van der Waals surface area contributed by atoms with E-state index in [4.69, 9.17) is 4.74 Å². The Bertz CT molecular complexity index is 693. The second-order valence-electron chi connectivity index (χ2n) is 5.18. The molecule has 1 fully saturated rings. The van der Waals surface area contributed by atoms with E-state index >= 15 is 0 Å². The van der Waals surface area contributed by atoms with Gasteiger partial charge in [0.2, 0.25) is 0 Å². The zero-order chi connectivity index (χ0) is 16.3. The van der Waals surface area contributed by atoms with Gasteiger partial charge in [0.05, 0.1) is 36.1 Å². The SMILES string of the molecule is CCOC(=O)N/N=C\c1c(C)nn([C@H]2CCS(=O)(=O)C2)c1C. The van der Waals surface area contributed by atoms with Crippen LogP contribution in [0.5, 0.6) is 0 Å². The van der Waals surface area contributed by atoms with Crippen LogP contribution in [0.25, 0.3) is 0 Å². The third-order valence-electron chi connectivity index (χ3n) is 3.56. The van der Waals surface area contributed by atoms with Gasteiger partial charge in [0.15, 0.2) is 9.84 Å². The minimum Gasteiger partial charge on any atom is -0.449 e. The number of aromatic nitrogens is 2. The largest absolute Gasteiger partial charge is 0.449 e. The number of rotatable bonds is 4. The molecule has 1 atom stereocenters. The van der Waals surface area contributed by atoms with Gasteiger partial charge in [0.1, 0.15) is 0 Å². The molecule has 1 aliphatic heterocycles. The molecule has 8 nitrogen and oxygen atoms in total. The lowest BCUT2D eigenvalue weighted by molar-refractivity contribution is 0.152. The molecule has 0 radical (unpaired) electrons. The molecule has 0 saturated carbocycles. The number of aryl methyl sites for hydroxylation is 1. The average molecular weight is 328 g/mol. The Hall–Kier alpha value is -1.90. The van der Waals surface area contributed by atoms with Crippen LogP contribution >= 0.6 is 0 Å². The van der Waals surface area contributed by atoms with Crippen LogP contribution in [-0.2, 0) is 14.6 Å². The van der Waals surface area contributed by atoms with Crippen molar-refractivity contribution in [2.24, 2.45) is 5.10 Å². The topological polar surface area (TPSA) is 103 Å². The molecular weight excluding hydrogens is 308 g/mol. The second kappa shape index (κ2) is 6.47. The number of carbonyl (C=O) groups is 1. The van der Waals surface area contributed by atoms with Crippen molar-refractivity contribution < 1.29 is 17.9 Å². The van der Waals surface area contributed by atoms with E-state index in [0.717, 1.165) is 17.0 Å². The summed E-state index contributed by atoms with van der Waals surface area (Å²) in [5.41, 5.74) is 4.58. The van der Waals surface area contributed by atoms with E-state index in [1.54, 1.807) is 11.6 Å². The molecule has 1 aromatic rings. The van der Waals surface area contributed by atoms with Crippen molar-refractivity contribution in [2.75, 3.05) is 18.1 Å². The number of ether oxygens (including phenoxy) is 1. The molecule has 122 valence electrons. The first-order valence-electron chi connectivity index (χ1n) is 7.06. The smallest absolute Gasteiger partial charge is 0.427 e. The van der Waals surface area contributed by atoms with E-state index in [-0.39, 0.29) is 24.2 Å². The highest BCUT2D eigenvalue weighted by molar-refractivity contribution is 7.91. The molecule has 9 heteroatoms. The molecule has 0 aliphatic carbocycles. The molecular formula is C13H20N4O4S. The Balaban J connectivity index is 2.14. The van der Waals surface area contributed by atoms with Crippen LogP contribution in [0.15, 0.2) is 5.10 Å². The number of hydrazone groups is 1. The average Bonchev–Trinajstić information content (AvgIpc) is 2.92. The lowest BCUT2D eigenvalue weighted by Crippen LogP contribution is -2.18. The molecule has 22 heavy (non-hydrogen) atoms. The third-order valence-corrected chi connectivity index (χ3v) is 5.31. The van der Waals surface area contributed by atoms with Gasteiger partial charge in [-0.05, 0) is 27.2 Å². The van der Waals surface area contributed by atoms with Crippen molar-refractivity contribution in [1.29, 1.82) is 0 Å². The molecule has 0 bridgehead atoms. The van der Waals surface area contributed by atoms with Crippen molar-refractivity contribution in [1.82, 2.24) is 15.2 Å². The lowest BCUT2D eigenvalue weighted by Gasteiger charge is -2.10. The minimum absolute atomic E-state index is 0.118. The highest BCUT2D eigenvalue weighted by Gasteiger charge is 2.31. The lowest BCUT2D eigenvalue weighted by atomic mass is 10.2. The quantitative estimate of drug-likeness (QED) is 0.654. The summed E-state index contributed by atoms with van der Waals surface area (Å²) in [5, 5.41) is 8.24. The van der Waals surface area contributed by atoms with Crippen LogP contribution in [0, 0.1) is 13.8 Å². The standard InChI is InChI=1S/C13H20N4O4S/c1-4-21-13(18)15-14-7-12-9(2)16-17(10(12)3)11-5-6-22(19,20)8-11/h7,11H,4-6,8H2,1-3H3,(H,15,18)/b14-7-/t11-/m0/s1. The molecule has 1 amide bonds. The third kappa shape index (κ3) is 3.65. The fourth-order valence-electron chi connectivity index (χ4n) is 2.50.